The van der Waals surface area contributed by atoms with Gasteiger partial charge in [-0.25, -0.2) is 0 Å². The van der Waals surface area contributed by atoms with Crippen molar-refractivity contribution in [3.8, 4) is 5.75 Å². The van der Waals surface area contributed by atoms with Crippen LogP contribution in [0.3, 0.4) is 0 Å². The van der Waals surface area contributed by atoms with Gasteiger partial charge in [0.2, 0.25) is 5.91 Å². The van der Waals surface area contributed by atoms with Crippen LogP contribution in [0.5, 0.6) is 5.75 Å². The van der Waals surface area contributed by atoms with E-state index in [9.17, 15) is 4.79 Å². The quantitative estimate of drug-likeness (QED) is 0.703. The third-order valence-corrected chi connectivity index (χ3v) is 4.69. The molecule has 2 rings (SSSR count). The number of nitrogens with two attached hydrogens (primary N) is 1. The number of hydrogen-bond donors (Lipinski definition) is 2. The summed E-state index contributed by atoms with van der Waals surface area (Å²) in [6.45, 7) is 5.19. The second-order valence-electron chi connectivity index (χ2n) is 6.43. The molecule has 0 spiro atoms. The molecule has 134 valence electrons. The minimum atomic E-state index is 0. The van der Waals surface area contributed by atoms with Crippen LogP contribution in [0.1, 0.15) is 44.1 Å². The number of carbonyl (C=O) groups excluding carboxylic acids is 1. The van der Waals surface area contributed by atoms with E-state index >= 15 is 0 Å². The maximum atomic E-state index is 12.4. The molecule has 3 N–H and O–H groups in total. The second kappa shape index (κ2) is 10.4. The molecule has 0 saturated heterocycles. The molecule has 0 heterocycles. The van der Waals surface area contributed by atoms with Crippen LogP contribution in [0, 0.1) is 5.41 Å². The number of ether oxygens (including phenoxy) is 1. The number of carbonyl (C=O) groups is 1. The molecular formula is C19H29ClN2O2. The molecular weight excluding hydrogens is 324 g/mol. The first-order valence-corrected chi connectivity index (χ1v) is 8.47. The molecule has 1 aliphatic carbocycles. The summed E-state index contributed by atoms with van der Waals surface area (Å²) in [4.78, 5) is 12.4. The number of nitrogens with one attached hydrogen (secondary N) is 1. The maximum Gasteiger partial charge on any atom is 0.220 e. The molecule has 0 bridgehead atoms. The zero-order valence-corrected chi connectivity index (χ0v) is 15.1. The van der Waals surface area contributed by atoms with Crippen molar-refractivity contribution in [3.63, 3.8) is 0 Å². The Kier molecular flexibility index (Phi) is 8.87. The number of benzene rings is 1. The largest absolute Gasteiger partial charge is 0.489 e. The molecule has 1 saturated carbocycles. The fourth-order valence-corrected chi connectivity index (χ4v) is 3.29. The highest BCUT2D eigenvalue weighted by Crippen LogP contribution is 2.38. The van der Waals surface area contributed by atoms with Gasteiger partial charge in [0, 0.05) is 18.5 Å². The van der Waals surface area contributed by atoms with Crippen molar-refractivity contribution in [2.24, 2.45) is 11.1 Å². The number of halogens is 1. The first-order chi connectivity index (χ1) is 11.2. The Hall–Kier alpha value is -1.52. The summed E-state index contributed by atoms with van der Waals surface area (Å²) in [6.07, 6.45) is 8.00. The lowest BCUT2D eigenvalue weighted by molar-refractivity contribution is -0.124. The lowest BCUT2D eigenvalue weighted by Crippen LogP contribution is -2.38. The number of para-hydroxylation sites is 1. The number of hydrogen-bond acceptors (Lipinski definition) is 3. The van der Waals surface area contributed by atoms with Gasteiger partial charge in [-0.2, -0.15) is 0 Å². The third-order valence-electron chi connectivity index (χ3n) is 4.69. The van der Waals surface area contributed by atoms with E-state index in [-0.39, 0.29) is 23.7 Å². The summed E-state index contributed by atoms with van der Waals surface area (Å²) in [5, 5.41) is 3.02. The monoisotopic (exact) mass is 352 g/mol. The Morgan fingerprint density at radius 2 is 2.00 bits per heavy atom. The van der Waals surface area contributed by atoms with Gasteiger partial charge in [0.25, 0.3) is 0 Å². The van der Waals surface area contributed by atoms with E-state index < -0.39 is 0 Å². The molecule has 1 aromatic rings. The van der Waals surface area contributed by atoms with Crippen LogP contribution in [-0.4, -0.2) is 19.1 Å². The fraction of sp³-hybridized carbons (Fsp3) is 0.526. The Balaban J connectivity index is 0.00000288. The maximum absolute atomic E-state index is 12.4. The third kappa shape index (κ3) is 5.84. The van der Waals surface area contributed by atoms with Gasteiger partial charge in [0.15, 0.2) is 0 Å². The van der Waals surface area contributed by atoms with Gasteiger partial charge in [0.05, 0.1) is 0 Å². The SMILES string of the molecule is C=CCOc1ccccc1CNC(=O)CC1(CN)CCCCC1.Cl. The molecule has 4 nitrogen and oxygen atoms in total. The molecule has 1 aliphatic rings. The molecule has 1 aromatic carbocycles. The molecule has 0 atom stereocenters. The molecule has 0 aromatic heterocycles. The zero-order chi connectivity index (χ0) is 16.5. The van der Waals surface area contributed by atoms with Crippen LogP contribution < -0.4 is 15.8 Å². The first-order valence-electron chi connectivity index (χ1n) is 8.47. The average Bonchev–Trinajstić information content (AvgIpc) is 2.59. The van der Waals surface area contributed by atoms with Crippen LogP contribution in [0.2, 0.25) is 0 Å². The first kappa shape index (κ1) is 20.5. The molecule has 5 heteroatoms. The van der Waals surface area contributed by atoms with Crippen LogP contribution in [0.15, 0.2) is 36.9 Å². The van der Waals surface area contributed by atoms with E-state index in [1.165, 1.54) is 19.3 Å². The summed E-state index contributed by atoms with van der Waals surface area (Å²) >= 11 is 0. The van der Waals surface area contributed by atoms with Crippen molar-refractivity contribution >= 4 is 18.3 Å². The Bertz CT molecular complexity index is 528. The van der Waals surface area contributed by atoms with Gasteiger partial charge in [-0.3, -0.25) is 4.79 Å². The summed E-state index contributed by atoms with van der Waals surface area (Å²) in [5.74, 6) is 0.870. The van der Waals surface area contributed by atoms with Gasteiger partial charge in [0.1, 0.15) is 12.4 Å². The molecule has 0 radical (unpaired) electrons. The molecule has 0 unspecified atom stereocenters. The predicted molar refractivity (Wildman–Crippen MR) is 100 cm³/mol. The minimum absolute atomic E-state index is 0. The highest BCUT2D eigenvalue weighted by Gasteiger charge is 2.32. The fourth-order valence-electron chi connectivity index (χ4n) is 3.29. The Labute approximate surface area is 151 Å². The highest BCUT2D eigenvalue weighted by molar-refractivity contribution is 5.85. The van der Waals surface area contributed by atoms with Gasteiger partial charge in [-0.05, 0) is 30.9 Å². The highest BCUT2D eigenvalue weighted by atomic mass is 35.5. The molecule has 0 aliphatic heterocycles. The van der Waals surface area contributed by atoms with Gasteiger partial charge < -0.3 is 15.8 Å². The number of amides is 1. The van der Waals surface area contributed by atoms with E-state index in [2.05, 4.69) is 11.9 Å². The van der Waals surface area contributed by atoms with Crippen molar-refractivity contribution in [3.05, 3.63) is 42.5 Å². The van der Waals surface area contributed by atoms with E-state index in [0.29, 0.717) is 26.1 Å². The normalized spacial score (nSPS) is 15.9. The summed E-state index contributed by atoms with van der Waals surface area (Å²) in [7, 11) is 0. The molecule has 1 fully saturated rings. The van der Waals surface area contributed by atoms with Crippen LogP contribution >= 0.6 is 12.4 Å². The van der Waals surface area contributed by atoms with E-state index in [1.54, 1.807) is 6.08 Å². The van der Waals surface area contributed by atoms with E-state index in [4.69, 9.17) is 10.5 Å². The van der Waals surface area contributed by atoms with Gasteiger partial charge in [-0.15, -0.1) is 12.4 Å². The van der Waals surface area contributed by atoms with Crippen molar-refractivity contribution < 1.29 is 9.53 Å². The average molecular weight is 353 g/mol. The molecule has 24 heavy (non-hydrogen) atoms. The topological polar surface area (TPSA) is 64.3 Å². The standard InChI is InChI=1S/C19H28N2O2.ClH/c1-2-12-23-17-9-5-4-8-16(17)14-21-18(22)13-19(15-20)10-6-3-7-11-19;/h2,4-5,8-9H,1,3,6-7,10-15,20H2,(H,21,22);1H. The van der Waals surface area contributed by atoms with Gasteiger partial charge in [-0.1, -0.05) is 50.1 Å². The van der Waals surface area contributed by atoms with Crippen LogP contribution in [0.4, 0.5) is 0 Å². The second-order valence-corrected chi connectivity index (χ2v) is 6.43. The number of rotatable bonds is 8. The summed E-state index contributed by atoms with van der Waals surface area (Å²) < 4.78 is 5.62. The predicted octanol–water partition coefficient (Wildman–Crippen LogP) is 3.59. The summed E-state index contributed by atoms with van der Waals surface area (Å²) in [6, 6.07) is 7.76. The lowest BCUT2D eigenvalue weighted by atomic mass is 9.71. The van der Waals surface area contributed by atoms with Crippen LogP contribution in [-0.2, 0) is 11.3 Å². The van der Waals surface area contributed by atoms with E-state index in [0.717, 1.165) is 24.2 Å². The minimum Gasteiger partial charge on any atom is -0.489 e. The van der Waals surface area contributed by atoms with Crippen LogP contribution in [0.25, 0.3) is 0 Å². The van der Waals surface area contributed by atoms with Crippen molar-refractivity contribution in [1.29, 1.82) is 0 Å². The summed E-state index contributed by atoms with van der Waals surface area (Å²) in [5.41, 5.74) is 6.94. The van der Waals surface area contributed by atoms with Gasteiger partial charge >= 0.3 is 0 Å². The smallest absolute Gasteiger partial charge is 0.220 e. The Morgan fingerprint density at radius 1 is 1.29 bits per heavy atom. The van der Waals surface area contributed by atoms with Crippen molar-refractivity contribution in [2.45, 2.75) is 45.1 Å². The van der Waals surface area contributed by atoms with Crippen molar-refractivity contribution in [2.75, 3.05) is 13.2 Å². The molecule has 1 amide bonds. The van der Waals surface area contributed by atoms with E-state index in [1.807, 2.05) is 24.3 Å². The lowest BCUT2D eigenvalue weighted by Gasteiger charge is -2.35. The Morgan fingerprint density at radius 3 is 2.67 bits per heavy atom. The van der Waals surface area contributed by atoms with Crippen molar-refractivity contribution in [1.82, 2.24) is 5.32 Å². The zero-order valence-electron chi connectivity index (χ0n) is 14.3.